The Bertz CT molecular complexity index is 1480. The van der Waals surface area contributed by atoms with E-state index in [0.29, 0.717) is 31.8 Å². The molecule has 274 valence electrons. The molecule has 0 N–H and O–H groups in total. The van der Waals surface area contributed by atoms with Gasteiger partial charge in [0.15, 0.2) is 0 Å². The van der Waals surface area contributed by atoms with Crippen LogP contribution in [0.5, 0.6) is 5.75 Å². The predicted molar refractivity (Wildman–Crippen MR) is 215 cm³/mol. The van der Waals surface area contributed by atoms with Crippen LogP contribution in [0.2, 0.25) is 0 Å². The fourth-order valence-electron chi connectivity index (χ4n) is 4.89. The lowest BCUT2D eigenvalue weighted by atomic mass is 9.74. The standard InChI is InChI=1S/C24H28O3S.C14H22O3S.C4H8/c1-16(28)15-23(25)27-14-13-26-20-11-9-19(10-12-20)24(4)18(3)17(2)21-7-5-6-8-22(21)24;1-5-11(2)6-7-12(3)16-8-9-17-14(15)10-13(4)18;1-3-4-2/h5-12,16,28H,13-15H2,1-4H3;5-7,13,18H,3,8-10H2,1-2,4H3;3-4H,1-2H3/b;7-6-,11-5-;4-3-. The molecule has 3 unspecified atom stereocenters. The molecule has 0 spiro atoms. The summed E-state index contributed by atoms with van der Waals surface area (Å²) in [7, 11) is 0. The van der Waals surface area contributed by atoms with Crippen molar-refractivity contribution in [3.05, 3.63) is 119 Å². The average Bonchev–Trinajstić information content (AvgIpc) is 3.29. The number of ether oxygens (including phenoxy) is 4. The first kappa shape index (κ1) is 44.4. The van der Waals surface area contributed by atoms with Gasteiger partial charge in [-0.25, -0.2) is 0 Å². The maximum Gasteiger partial charge on any atom is 0.307 e. The van der Waals surface area contributed by atoms with Crippen LogP contribution < -0.4 is 4.74 Å². The molecular formula is C42H58O6S2. The minimum Gasteiger partial charge on any atom is -0.491 e. The summed E-state index contributed by atoms with van der Waals surface area (Å²) >= 11 is 8.30. The van der Waals surface area contributed by atoms with Crippen molar-refractivity contribution in [1.29, 1.82) is 0 Å². The maximum atomic E-state index is 11.5. The summed E-state index contributed by atoms with van der Waals surface area (Å²) in [6.07, 6.45) is 10.3. The third-order valence-electron chi connectivity index (χ3n) is 8.11. The zero-order chi connectivity index (χ0) is 37.7. The van der Waals surface area contributed by atoms with Crippen molar-refractivity contribution in [2.75, 3.05) is 26.4 Å². The topological polar surface area (TPSA) is 71.1 Å². The zero-order valence-electron chi connectivity index (χ0n) is 31.5. The highest BCUT2D eigenvalue weighted by atomic mass is 32.1. The van der Waals surface area contributed by atoms with Gasteiger partial charge in [0.05, 0.1) is 12.8 Å². The normalized spacial score (nSPS) is 16.4. The van der Waals surface area contributed by atoms with Crippen molar-refractivity contribution < 1.29 is 28.5 Å². The van der Waals surface area contributed by atoms with E-state index in [1.807, 2.05) is 78.0 Å². The van der Waals surface area contributed by atoms with Gasteiger partial charge in [-0.05, 0) is 88.9 Å². The molecule has 0 radical (unpaired) electrons. The van der Waals surface area contributed by atoms with E-state index in [1.54, 1.807) is 6.08 Å². The highest BCUT2D eigenvalue weighted by molar-refractivity contribution is 7.81. The Morgan fingerprint density at radius 3 is 1.84 bits per heavy atom. The largest absolute Gasteiger partial charge is 0.491 e. The number of thiol groups is 2. The monoisotopic (exact) mass is 722 g/mol. The number of benzene rings is 2. The molecule has 3 rings (SSSR count). The smallest absolute Gasteiger partial charge is 0.307 e. The summed E-state index contributed by atoms with van der Waals surface area (Å²) in [5, 5.41) is 0.0179. The highest BCUT2D eigenvalue weighted by Gasteiger charge is 2.38. The van der Waals surface area contributed by atoms with E-state index in [9.17, 15) is 9.59 Å². The summed E-state index contributed by atoms with van der Waals surface area (Å²) in [6, 6.07) is 16.9. The van der Waals surface area contributed by atoms with Crippen molar-refractivity contribution in [2.45, 2.75) is 91.1 Å². The quantitative estimate of drug-likeness (QED) is 0.0476. The number of carbonyl (C=O) groups is 2. The van der Waals surface area contributed by atoms with Crippen molar-refractivity contribution in [2.24, 2.45) is 0 Å². The average molecular weight is 723 g/mol. The number of carbonyl (C=O) groups excluding carboxylic acids is 2. The van der Waals surface area contributed by atoms with Crippen LogP contribution in [0.4, 0.5) is 0 Å². The van der Waals surface area contributed by atoms with Gasteiger partial charge < -0.3 is 18.9 Å². The van der Waals surface area contributed by atoms with E-state index in [4.69, 9.17) is 18.9 Å². The Labute approximate surface area is 312 Å². The second-order valence-electron chi connectivity index (χ2n) is 12.2. The van der Waals surface area contributed by atoms with Crippen molar-refractivity contribution in [3.63, 3.8) is 0 Å². The summed E-state index contributed by atoms with van der Waals surface area (Å²) in [5.41, 5.74) is 7.68. The Morgan fingerprint density at radius 2 is 1.32 bits per heavy atom. The number of allylic oxidation sites excluding steroid dienone is 8. The lowest BCUT2D eigenvalue weighted by molar-refractivity contribution is -0.145. The fourth-order valence-corrected chi connectivity index (χ4v) is 5.19. The van der Waals surface area contributed by atoms with Gasteiger partial charge >= 0.3 is 11.9 Å². The highest BCUT2D eigenvalue weighted by Crippen LogP contribution is 2.49. The van der Waals surface area contributed by atoms with Crippen LogP contribution in [0, 0.1) is 0 Å². The minimum absolute atomic E-state index is 0.00388. The molecule has 0 aromatic heterocycles. The number of esters is 2. The molecular weight excluding hydrogens is 665 g/mol. The second-order valence-corrected chi connectivity index (χ2v) is 14.0. The Morgan fingerprint density at radius 1 is 0.800 bits per heavy atom. The first-order valence-corrected chi connectivity index (χ1v) is 18.1. The van der Waals surface area contributed by atoms with Crippen LogP contribution in [0.3, 0.4) is 0 Å². The number of hydrogen-bond donors (Lipinski definition) is 2. The molecule has 0 saturated heterocycles. The predicted octanol–water partition coefficient (Wildman–Crippen LogP) is 10.3. The first-order chi connectivity index (χ1) is 23.7. The van der Waals surface area contributed by atoms with Crippen LogP contribution in [0.25, 0.3) is 5.57 Å². The van der Waals surface area contributed by atoms with Crippen LogP contribution in [0.15, 0.2) is 102 Å². The van der Waals surface area contributed by atoms with Gasteiger partial charge in [0.1, 0.15) is 37.9 Å². The number of rotatable bonds is 15. The molecule has 0 bridgehead atoms. The fraction of sp³-hybridized carbons (Fsp3) is 0.429. The third kappa shape index (κ3) is 15.5. The SMILES string of the molecule is C/C=C\C.C=C(/C=C\C(C)=C/C)OCCOC(=O)CC(C)S.CC1=C(C)C(C)(c2ccc(OCCOC(=O)CC(C)S)cc2)c2ccccc21. The molecule has 50 heavy (non-hydrogen) atoms. The molecule has 2 aromatic rings. The van der Waals surface area contributed by atoms with Crippen molar-refractivity contribution >= 4 is 42.8 Å². The summed E-state index contributed by atoms with van der Waals surface area (Å²) in [6.45, 7) is 23.2. The van der Waals surface area contributed by atoms with Gasteiger partial charge in [0.25, 0.3) is 0 Å². The van der Waals surface area contributed by atoms with Gasteiger partial charge in [-0.3, -0.25) is 9.59 Å². The molecule has 0 amide bonds. The van der Waals surface area contributed by atoms with E-state index < -0.39 is 0 Å². The van der Waals surface area contributed by atoms with Crippen LogP contribution in [0.1, 0.15) is 91.8 Å². The van der Waals surface area contributed by atoms with E-state index in [0.717, 1.165) is 11.3 Å². The van der Waals surface area contributed by atoms with E-state index in [1.165, 1.54) is 27.8 Å². The summed E-state index contributed by atoms with van der Waals surface area (Å²) < 4.78 is 21.1. The van der Waals surface area contributed by atoms with Gasteiger partial charge in [0, 0.05) is 15.9 Å². The molecule has 1 aliphatic carbocycles. The van der Waals surface area contributed by atoms with Crippen molar-refractivity contribution in [1.82, 2.24) is 0 Å². The van der Waals surface area contributed by atoms with Crippen LogP contribution in [-0.2, 0) is 29.2 Å². The lowest BCUT2D eigenvalue weighted by Gasteiger charge is -2.29. The summed E-state index contributed by atoms with van der Waals surface area (Å²) in [5.74, 6) is 0.823. The molecule has 0 heterocycles. The summed E-state index contributed by atoms with van der Waals surface area (Å²) in [4.78, 5) is 22.7. The van der Waals surface area contributed by atoms with E-state index in [-0.39, 0.29) is 41.1 Å². The lowest BCUT2D eigenvalue weighted by Crippen LogP contribution is -2.22. The van der Waals surface area contributed by atoms with Crippen molar-refractivity contribution in [3.8, 4) is 5.75 Å². The second kappa shape index (κ2) is 23.7. The van der Waals surface area contributed by atoms with Gasteiger partial charge in [-0.1, -0.05) is 92.3 Å². The van der Waals surface area contributed by atoms with Gasteiger partial charge in [-0.15, -0.1) is 0 Å². The zero-order valence-corrected chi connectivity index (χ0v) is 33.2. The number of hydrogen-bond acceptors (Lipinski definition) is 8. The molecule has 8 heteroatoms. The van der Waals surface area contributed by atoms with E-state index >= 15 is 0 Å². The van der Waals surface area contributed by atoms with Gasteiger partial charge in [0.2, 0.25) is 0 Å². The third-order valence-corrected chi connectivity index (χ3v) is 8.47. The molecule has 3 atom stereocenters. The maximum absolute atomic E-state index is 11.5. The van der Waals surface area contributed by atoms with Gasteiger partial charge in [-0.2, -0.15) is 25.3 Å². The molecule has 0 aliphatic heterocycles. The molecule has 6 nitrogen and oxygen atoms in total. The van der Waals surface area contributed by atoms with Crippen LogP contribution >= 0.6 is 25.3 Å². The Balaban J connectivity index is 0.000000490. The van der Waals surface area contributed by atoms with E-state index in [2.05, 4.69) is 89.0 Å². The van der Waals surface area contributed by atoms with Crippen LogP contribution in [-0.4, -0.2) is 48.9 Å². The minimum atomic E-state index is -0.257. The Hall–Kier alpha value is -3.62. The Kier molecular flexibility index (Phi) is 21.1. The molecule has 2 aromatic carbocycles. The molecule has 0 fully saturated rings. The first-order valence-electron chi connectivity index (χ1n) is 17.1. The molecule has 1 aliphatic rings. The number of fused-ring (bicyclic) bond motifs is 1. The molecule has 0 saturated carbocycles.